The van der Waals surface area contributed by atoms with Crippen LogP contribution in [0.15, 0.2) is 30.5 Å². The molecule has 1 unspecified atom stereocenters. The van der Waals surface area contributed by atoms with E-state index in [0.717, 1.165) is 35.4 Å². The second kappa shape index (κ2) is 10.2. The molecule has 2 aromatic rings. The number of benzene rings is 1. The number of rotatable bonds is 6. The summed E-state index contributed by atoms with van der Waals surface area (Å²) in [5, 5.41) is 15.2. The molecule has 1 aromatic heterocycles. The van der Waals surface area contributed by atoms with Crippen molar-refractivity contribution in [1.29, 1.82) is 0 Å². The minimum absolute atomic E-state index is 0. The lowest BCUT2D eigenvalue weighted by atomic mass is 10.0. The van der Waals surface area contributed by atoms with Crippen LogP contribution in [0.4, 0.5) is 5.69 Å². The number of anilines is 1. The zero-order valence-electron chi connectivity index (χ0n) is 15.4. The van der Waals surface area contributed by atoms with Crippen LogP contribution in [0.2, 0.25) is 0 Å². The molecule has 1 aliphatic rings. The van der Waals surface area contributed by atoms with E-state index in [1.54, 1.807) is 13.3 Å². The first-order valence-corrected chi connectivity index (χ1v) is 8.69. The van der Waals surface area contributed by atoms with Gasteiger partial charge < -0.3 is 20.1 Å². The van der Waals surface area contributed by atoms with Crippen LogP contribution in [0.5, 0.6) is 5.75 Å². The van der Waals surface area contributed by atoms with Crippen molar-refractivity contribution in [2.75, 3.05) is 38.6 Å². The van der Waals surface area contributed by atoms with Gasteiger partial charge in [0, 0.05) is 30.7 Å². The number of aromatic nitrogens is 1. The number of β-amino-alcohol motifs (C(OH)–C–C–N with tert-alkyl or cyclic N) is 1. The van der Waals surface area contributed by atoms with Crippen LogP contribution in [0, 0.1) is 0 Å². The molecule has 7 heteroatoms. The highest BCUT2D eigenvalue weighted by atomic mass is 35.5. The predicted molar refractivity (Wildman–Crippen MR) is 112 cm³/mol. The van der Waals surface area contributed by atoms with Crippen molar-refractivity contribution in [2.24, 2.45) is 0 Å². The molecule has 0 amide bonds. The zero-order valence-corrected chi connectivity index (χ0v) is 17.0. The molecule has 1 aromatic carbocycles. The molecular weight excluding hydrogens is 373 g/mol. The Kier molecular flexibility index (Phi) is 8.90. The van der Waals surface area contributed by atoms with Gasteiger partial charge in [-0.15, -0.1) is 24.8 Å². The van der Waals surface area contributed by atoms with Gasteiger partial charge in [0.1, 0.15) is 5.75 Å². The summed E-state index contributed by atoms with van der Waals surface area (Å²) in [5.74, 6) is 0.786. The van der Waals surface area contributed by atoms with Crippen LogP contribution in [-0.4, -0.2) is 53.9 Å². The zero-order chi connectivity index (χ0) is 17.0. The second-order valence-corrected chi connectivity index (χ2v) is 6.94. The van der Waals surface area contributed by atoms with Crippen molar-refractivity contribution in [3.05, 3.63) is 30.5 Å². The average Bonchev–Trinajstić information content (AvgIpc) is 2.60. The Balaban J connectivity index is 0.00000169. The molecule has 5 nitrogen and oxygen atoms in total. The molecule has 146 valence electrons. The van der Waals surface area contributed by atoms with Crippen LogP contribution in [0.25, 0.3) is 10.9 Å². The maximum Gasteiger partial charge on any atom is 0.121 e. The number of nitrogens with one attached hydrogen (secondary N) is 1. The fourth-order valence-electron chi connectivity index (χ4n) is 3.36. The molecular formula is C19H29Cl2N3O2. The van der Waals surface area contributed by atoms with Crippen molar-refractivity contribution < 1.29 is 9.84 Å². The van der Waals surface area contributed by atoms with Crippen molar-refractivity contribution >= 4 is 41.4 Å². The number of fused-ring (bicyclic) bond motifs is 1. The Labute approximate surface area is 167 Å². The van der Waals surface area contributed by atoms with Gasteiger partial charge in [-0.1, -0.05) is 12.5 Å². The third-order valence-corrected chi connectivity index (χ3v) is 4.59. The Bertz CT molecular complexity index is 692. The maximum atomic E-state index is 10.8. The summed E-state index contributed by atoms with van der Waals surface area (Å²) in [7, 11) is 1.66. The molecule has 1 fully saturated rings. The third kappa shape index (κ3) is 5.88. The van der Waals surface area contributed by atoms with E-state index in [1.165, 1.54) is 19.3 Å². The first kappa shape index (κ1) is 22.8. The smallest absolute Gasteiger partial charge is 0.121 e. The van der Waals surface area contributed by atoms with Gasteiger partial charge in [-0.25, -0.2) is 0 Å². The number of nitrogens with zero attached hydrogens (tertiary/aromatic N) is 2. The van der Waals surface area contributed by atoms with Gasteiger partial charge in [0.15, 0.2) is 0 Å². The van der Waals surface area contributed by atoms with Gasteiger partial charge in [-0.3, -0.25) is 4.98 Å². The van der Waals surface area contributed by atoms with E-state index >= 15 is 0 Å². The summed E-state index contributed by atoms with van der Waals surface area (Å²) in [5.41, 5.74) is 0.998. The van der Waals surface area contributed by atoms with E-state index in [4.69, 9.17) is 4.74 Å². The van der Waals surface area contributed by atoms with Crippen LogP contribution in [-0.2, 0) is 0 Å². The van der Waals surface area contributed by atoms with E-state index in [9.17, 15) is 5.11 Å². The SMILES string of the molecule is COc1cc(NCC(C)(O)CN2CCCCC2)c2ncccc2c1.Cl.Cl. The van der Waals surface area contributed by atoms with Crippen molar-refractivity contribution in [2.45, 2.75) is 31.8 Å². The average molecular weight is 402 g/mol. The molecule has 1 saturated heterocycles. The number of methoxy groups -OCH3 is 1. The molecule has 2 heterocycles. The van der Waals surface area contributed by atoms with E-state index in [1.807, 2.05) is 31.2 Å². The second-order valence-electron chi connectivity index (χ2n) is 6.94. The Morgan fingerprint density at radius 2 is 1.96 bits per heavy atom. The molecule has 0 saturated carbocycles. The molecule has 26 heavy (non-hydrogen) atoms. The molecule has 2 N–H and O–H groups in total. The van der Waals surface area contributed by atoms with E-state index in [0.29, 0.717) is 13.1 Å². The lowest BCUT2D eigenvalue weighted by molar-refractivity contribution is 0.0252. The monoisotopic (exact) mass is 401 g/mol. The third-order valence-electron chi connectivity index (χ3n) is 4.59. The number of halogens is 2. The largest absolute Gasteiger partial charge is 0.497 e. The maximum absolute atomic E-state index is 10.8. The minimum Gasteiger partial charge on any atom is -0.497 e. The molecule has 0 bridgehead atoms. The number of pyridine rings is 1. The van der Waals surface area contributed by atoms with Gasteiger partial charge in [0.05, 0.1) is 23.9 Å². The van der Waals surface area contributed by atoms with Crippen molar-refractivity contribution in [1.82, 2.24) is 9.88 Å². The van der Waals surface area contributed by atoms with Gasteiger partial charge in [0.2, 0.25) is 0 Å². The van der Waals surface area contributed by atoms with Crippen LogP contribution < -0.4 is 10.1 Å². The number of hydrogen-bond acceptors (Lipinski definition) is 5. The topological polar surface area (TPSA) is 57.6 Å². The summed E-state index contributed by atoms with van der Waals surface area (Å²) >= 11 is 0. The quantitative estimate of drug-likeness (QED) is 0.771. The number of ether oxygens (including phenoxy) is 1. The highest BCUT2D eigenvalue weighted by molar-refractivity contribution is 5.91. The van der Waals surface area contributed by atoms with E-state index in [2.05, 4.69) is 15.2 Å². The Hall–Kier alpha value is -1.27. The summed E-state index contributed by atoms with van der Waals surface area (Å²) in [6.07, 6.45) is 5.55. The fraction of sp³-hybridized carbons (Fsp3) is 0.526. The van der Waals surface area contributed by atoms with Gasteiger partial charge in [-0.05, 0) is 45.0 Å². The summed E-state index contributed by atoms with van der Waals surface area (Å²) in [4.78, 5) is 6.82. The van der Waals surface area contributed by atoms with Crippen molar-refractivity contribution in [3.8, 4) is 5.75 Å². The Morgan fingerprint density at radius 3 is 2.65 bits per heavy atom. The van der Waals surface area contributed by atoms with Gasteiger partial charge in [0.25, 0.3) is 0 Å². The highest BCUT2D eigenvalue weighted by Gasteiger charge is 2.25. The molecule has 0 aliphatic carbocycles. The highest BCUT2D eigenvalue weighted by Crippen LogP contribution is 2.28. The molecule has 0 radical (unpaired) electrons. The van der Waals surface area contributed by atoms with Crippen LogP contribution in [0.3, 0.4) is 0 Å². The van der Waals surface area contributed by atoms with Crippen LogP contribution in [0.1, 0.15) is 26.2 Å². The lowest BCUT2D eigenvalue weighted by Gasteiger charge is -2.34. The minimum atomic E-state index is -0.790. The predicted octanol–water partition coefficient (Wildman–Crippen LogP) is 3.74. The number of likely N-dealkylation sites (tertiary alicyclic amines) is 1. The molecule has 3 rings (SSSR count). The summed E-state index contributed by atoms with van der Waals surface area (Å²) in [6.45, 7) is 5.22. The van der Waals surface area contributed by atoms with E-state index in [-0.39, 0.29) is 24.8 Å². The number of hydrogen-bond donors (Lipinski definition) is 2. The standard InChI is InChI=1S/C19H27N3O2.2ClH/c1-19(23,14-22-9-4-3-5-10-22)13-21-17-12-16(24-2)11-15-7-6-8-20-18(15)17;;/h6-8,11-12,21,23H,3-5,9-10,13-14H2,1-2H3;2*1H. The van der Waals surface area contributed by atoms with Gasteiger partial charge in [-0.2, -0.15) is 0 Å². The van der Waals surface area contributed by atoms with E-state index < -0.39 is 5.60 Å². The Morgan fingerprint density at radius 1 is 1.23 bits per heavy atom. The lowest BCUT2D eigenvalue weighted by Crippen LogP contribution is -2.47. The van der Waals surface area contributed by atoms with Crippen LogP contribution >= 0.6 is 24.8 Å². The summed E-state index contributed by atoms with van der Waals surface area (Å²) < 4.78 is 5.38. The summed E-state index contributed by atoms with van der Waals surface area (Å²) in [6, 6.07) is 7.84. The molecule has 1 aliphatic heterocycles. The van der Waals surface area contributed by atoms with Crippen molar-refractivity contribution in [3.63, 3.8) is 0 Å². The first-order chi connectivity index (χ1) is 11.6. The fourth-order valence-corrected chi connectivity index (χ4v) is 3.36. The normalized spacial score (nSPS) is 16.9. The number of piperidine rings is 1. The molecule has 1 atom stereocenters. The molecule has 0 spiro atoms. The van der Waals surface area contributed by atoms with Gasteiger partial charge >= 0.3 is 0 Å². The number of aliphatic hydroxyl groups is 1. The first-order valence-electron chi connectivity index (χ1n) is 8.69.